The van der Waals surface area contributed by atoms with E-state index in [1.165, 1.54) is 36.8 Å². The second-order valence-corrected chi connectivity index (χ2v) is 5.73. The van der Waals surface area contributed by atoms with Gasteiger partial charge in [0.1, 0.15) is 5.75 Å². The molecule has 0 amide bonds. The van der Waals surface area contributed by atoms with Gasteiger partial charge in [0, 0.05) is 6.04 Å². The van der Waals surface area contributed by atoms with Crippen molar-refractivity contribution in [3.8, 4) is 5.75 Å². The lowest BCUT2D eigenvalue weighted by Gasteiger charge is -2.27. The van der Waals surface area contributed by atoms with Gasteiger partial charge in [-0.25, -0.2) is 0 Å². The Morgan fingerprint density at radius 2 is 2.00 bits per heavy atom. The predicted molar refractivity (Wildman–Crippen MR) is 87.6 cm³/mol. The Labute approximate surface area is 124 Å². The zero-order valence-corrected chi connectivity index (χ0v) is 13.8. The molecule has 0 saturated heterocycles. The summed E-state index contributed by atoms with van der Waals surface area (Å²) in [7, 11) is 3.85. The summed E-state index contributed by atoms with van der Waals surface area (Å²) >= 11 is 0. The van der Waals surface area contributed by atoms with E-state index < -0.39 is 0 Å². The zero-order chi connectivity index (χ0) is 15.0. The van der Waals surface area contributed by atoms with Gasteiger partial charge in [0.25, 0.3) is 0 Å². The summed E-state index contributed by atoms with van der Waals surface area (Å²) in [5.41, 5.74) is 2.62. The van der Waals surface area contributed by atoms with Crippen molar-refractivity contribution >= 4 is 0 Å². The standard InChI is InChI=1S/C18H31NO/c1-6-8-9-15(7-2)17(19-4)13-16-12-14(3)10-11-18(16)20-5/h10-12,15,17,19H,6-9,13H2,1-5H3. The highest BCUT2D eigenvalue weighted by atomic mass is 16.5. The quantitative estimate of drug-likeness (QED) is 0.724. The molecule has 2 heteroatoms. The molecule has 20 heavy (non-hydrogen) atoms. The molecule has 2 nitrogen and oxygen atoms in total. The molecule has 0 saturated carbocycles. The van der Waals surface area contributed by atoms with Gasteiger partial charge in [-0.15, -0.1) is 0 Å². The van der Waals surface area contributed by atoms with E-state index in [1.807, 2.05) is 0 Å². The second kappa shape index (κ2) is 9.02. The largest absolute Gasteiger partial charge is 0.496 e. The van der Waals surface area contributed by atoms with Crippen LogP contribution < -0.4 is 10.1 Å². The highest BCUT2D eigenvalue weighted by Gasteiger charge is 2.19. The number of ether oxygens (including phenoxy) is 1. The average molecular weight is 277 g/mol. The van der Waals surface area contributed by atoms with Gasteiger partial charge in [0.2, 0.25) is 0 Å². The van der Waals surface area contributed by atoms with Crippen molar-refractivity contribution < 1.29 is 4.74 Å². The molecule has 2 unspecified atom stereocenters. The molecular formula is C18H31NO. The first-order chi connectivity index (χ1) is 9.65. The highest BCUT2D eigenvalue weighted by Crippen LogP contribution is 2.25. The fraction of sp³-hybridized carbons (Fsp3) is 0.667. The number of benzene rings is 1. The van der Waals surface area contributed by atoms with Crippen LogP contribution >= 0.6 is 0 Å². The molecule has 2 atom stereocenters. The Bertz CT molecular complexity index is 389. The van der Waals surface area contributed by atoms with E-state index >= 15 is 0 Å². The normalized spacial score (nSPS) is 14.1. The van der Waals surface area contributed by atoms with Crippen LogP contribution in [-0.2, 0) is 6.42 Å². The third kappa shape index (κ3) is 4.82. The van der Waals surface area contributed by atoms with Crippen molar-refractivity contribution in [2.24, 2.45) is 5.92 Å². The summed E-state index contributed by atoms with van der Waals surface area (Å²) in [6.45, 7) is 6.72. The van der Waals surface area contributed by atoms with Gasteiger partial charge in [0.15, 0.2) is 0 Å². The van der Waals surface area contributed by atoms with Gasteiger partial charge in [-0.1, -0.05) is 50.8 Å². The summed E-state index contributed by atoms with van der Waals surface area (Å²) < 4.78 is 5.51. The minimum absolute atomic E-state index is 0.530. The van der Waals surface area contributed by atoms with Crippen molar-refractivity contribution in [3.63, 3.8) is 0 Å². The average Bonchev–Trinajstić information content (AvgIpc) is 2.46. The lowest BCUT2D eigenvalue weighted by Crippen LogP contribution is -2.35. The molecule has 0 aliphatic carbocycles. The van der Waals surface area contributed by atoms with Crippen molar-refractivity contribution in [3.05, 3.63) is 29.3 Å². The highest BCUT2D eigenvalue weighted by molar-refractivity contribution is 5.37. The first kappa shape index (κ1) is 17.0. The zero-order valence-electron chi connectivity index (χ0n) is 13.8. The first-order valence-corrected chi connectivity index (χ1v) is 7.96. The van der Waals surface area contributed by atoms with Crippen LogP contribution in [0.25, 0.3) is 0 Å². The van der Waals surface area contributed by atoms with Gasteiger partial charge >= 0.3 is 0 Å². The van der Waals surface area contributed by atoms with Crippen molar-refractivity contribution in [2.75, 3.05) is 14.2 Å². The molecule has 0 spiro atoms. The van der Waals surface area contributed by atoms with E-state index in [2.05, 4.69) is 51.3 Å². The van der Waals surface area contributed by atoms with Gasteiger partial charge in [-0.3, -0.25) is 0 Å². The van der Waals surface area contributed by atoms with Crippen LogP contribution in [-0.4, -0.2) is 20.2 Å². The van der Waals surface area contributed by atoms with Gasteiger partial charge in [-0.05, 0) is 44.4 Å². The molecule has 114 valence electrons. The van der Waals surface area contributed by atoms with E-state index in [1.54, 1.807) is 7.11 Å². The lowest BCUT2D eigenvalue weighted by atomic mass is 9.87. The Morgan fingerprint density at radius 3 is 2.55 bits per heavy atom. The van der Waals surface area contributed by atoms with Crippen LogP contribution in [0.2, 0.25) is 0 Å². The predicted octanol–water partition coefficient (Wildman–Crippen LogP) is 4.35. The van der Waals surface area contributed by atoms with Crippen molar-refractivity contribution in [1.82, 2.24) is 5.32 Å². The third-order valence-electron chi connectivity index (χ3n) is 4.27. The number of unbranched alkanes of at least 4 members (excludes halogenated alkanes) is 1. The number of nitrogens with one attached hydrogen (secondary N) is 1. The molecule has 0 aromatic heterocycles. The maximum atomic E-state index is 5.51. The Morgan fingerprint density at radius 1 is 1.25 bits per heavy atom. The Hall–Kier alpha value is -1.02. The number of aryl methyl sites for hydroxylation is 1. The van der Waals surface area contributed by atoms with Crippen LogP contribution in [0.5, 0.6) is 5.75 Å². The summed E-state index contributed by atoms with van der Waals surface area (Å²) in [5.74, 6) is 1.76. The number of likely N-dealkylation sites (N-methyl/N-ethyl adjacent to an activating group) is 1. The molecule has 0 heterocycles. The van der Waals surface area contributed by atoms with Crippen LogP contribution in [0.3, 0.4) is 0 Å². The molecule has 1 aromatic carbocycles. The Kier molecular flexibility index (Phi) is 7.68. The summed E-state index contributed by atoms with van der Waals surface area (Å²) in [6, 6.07) is 6.99. The van der Waals surface area contributed by atoms with Gasteiger partial charge < -0.3 is 10.1 Å². The fourth-order valence-electron chi connectivity index (χ4n) is 2.96. The van der Waals surface area contributed by atoms with E-state index in [-0.39, 0.29) is 0 Å². The topological polar surface area (TPSA) is 21.3 Å². The molecule has 0 fully saturated rings. The Balaban J connectivity index is 2.83. The van der Waals surface area contributed by atoms with Crippen LogP contribution in [0.4, 0.5) is 0 Å². The van der Waals surface area contributed by atoms with E-state index in [4.69, 9.17) is 4.74 Å². The molecule has 1 N–H and O–H groups in total. The van der Waals surface area contributed by atoms with Crippen LogP contribution in [0.15, 0.2) is 18.2 Å². The monoisotopic (exact) mass is 277 g/mol. The minimum atomic E-state index is 0.530. The maximum absolute atomic E-state index is 5.51. The second-order valence-electron chi connectivity index (χ2n) is 5.73. The molecule has 0 aliphatic rings. The van der Waals surface area contributed by atoms with E-state index in [0.717, 1.165) is 18.1 Å². The number of methoxy groups -OCH3 is 1. The molecule has 1 rings (SSSR count). The summed E-state index contributed by atoms with van der Waals surface area (Å²) in [6.07, 6.45) is 6.19. The van der Waals surface area contributed by atoms with Crippen LogP contribution in [0.1, 0.15) is 50.7 Å². The molecule has 0 bridgehead atoms. The SMILES string of the molecule is CCCCC(CC)C(Cc1cc(C)ccc1OC)NC. The van der Waals surface area contributed by atoms with Crippen LogP contribution in [0, 0.1) is 12.8 Å². The smallest absolute Gasteiger partial charge is 0.122 e. The van der Waals surface area contributed by atoms with Gasteiger partial charge in [0.05, 0.1) is 7.11 Å². The summed E-state index contributed by atoms with van der Waals surface area (Å²) in [5, 5.41) is 3.53. The van der Waals surface area contributed by atoms with Crippen molar-refractivity contribution in [1.29, 1.82) is 0 Å². The third-order valence-corrected chi connectivity index (χ3v) is 4.27. The molecule has 0 aliphatic heterocycles. The first-order valence-electron chi connectivity index (χ1n) is 7.96. The number of hydrogen-bond acceptors (Lipinski definition) is 2. The number of rotatable bonds is 9. The minimum Gasteiger partial charge on any atom is -0.496 e. The maximum Gasteiger partial charge on any atom is 0.122 e. The molecule has 1 aromatic rings. The number of hydrogen-bond donors (Lipinski definition) is 1. The molecule has 0 radical (unpaired) electrons. The fourth-order valence-corrected chi connectivity index (χ4v) is 2.96. The van der Waals surface area contributed by atoms with E-state index in [9.17, 15) is 0 Å². The summed E-state index contributed by atoms with van der Waals surface area (Å²) in [4.78, 5) is 0. The van der Waals surface area contributed by atoms with Gasteiger partial charge in [-0.2, -0.15) is 0 Å². The van der Waals surface area contributed by atoms with E-state index in [0.29, 0.717) is 6.04 Å². The van der Waals surface area contributed by atoms with Crippen molar-refractivity contribution in [2.45, 2.75) is 58.9 Å². The lowest BCUT2D eigenvalue weighted by molar-refractivity contribution is 0.325. The molecular weight excluding hydrogens is 246 g/mol.